The first kappa shape index (κ1) is 14.0. The third-order valence-corrected chi connectivity index (χ3v) is 6.69. The molecule has 0 spiro atoms. The summed E-state index contributed by atoms with van der Waals surface area (Å²) < 4.78 is 0. The minimum absolute atomic E-state index is 0.319. The van der Waals surface area contributed by atoms with Crippen molar-refractivity contribution < 1.29 is 4.79 Å². The van der Waals surface area contributed by atoms with E-state index in [2.05, 4.69) is 10.6 Å². The summed E-state index contributed by atoms with van der Waals surface area (Å²) in [5.41, 5.74) is 0. The van der Waals surface area contributed by atoms with Crippen molar-refractivity contribution in [3.05, 3.63) is 0 Å². The minimum Gasteiger partial charge on any atom is -0.353 e. The fraction of sp³-hybridized carbons (Fsp3) is 0.944. The molecule has 5 fully saturated rings. The number of carbonyl (C=O) groups excluding carboxylic acids is 1. The van der Waals surface area contributed by atoms with E-state index in [1.807, 2.05) is 0 Å². The Morgan fingerprint density at radius 1 is 1.00 bits per heavy atom. The van der Waals surface area contributed by atoms with E-state index < -0.39 is 0 Å². The van der Waals surface area contributed by atoms with E-state index in [9.17, 15) is 4.79 Å². The van der Waals surface area contributed by atoms with Crippen LogP contribution in [-0.4, -0.2) is 24.5 Å². The standard InChI is InChI=1S/C18H30N2O/c21-17(5-4-16-3-1-2-6-19-16)20-18-14-8-12-7-13(10-14)11-15(18)9-12/h12-16,18-19H,1-11H2,(H,20,21). The molecule has 5 rings (SSSR count). The second-order valence-corrected chi connectivity index (χ2v) is 8.21. The highest BCUT2D eigenvalue weighted by atomic mass is 16.1. The monoisotopic (exact) mass is 290 g/mol. The smallest absolute Gasteiger partial charge is 0.220 e. The van der Waals surface area contributed by atoms with Crippen LogP contribution in [0.15, 0.2) is 0 Å². The van der Waals surface area contributed by atoms with Crippen molar-refractivity contribution in [3.8, 4) is 0 Å². The molecule has 3 nitrogen and oxygen atoms in total. The number of hydrogen-bond donors (Lipinski definition) is 2. The Hall–Kier alpha value is -0.570. The van der Waals surface area contributed by atoms with E-state index >= 15 is 0 Å². The van der Waals surface area contributed by atoms with Gasteiger partial charge in [0.05, 0.1) is 0 Å². The molecule has 1 heterocycles. The van der Waals surface area contributed by atoms with Crippen molar-refractivity contribution in [1.29, 1.82) is 0 Å². The molecular weight excluding hydrogens is 260 g/mol. The zero-order valence-electron chi connectivity index (χ0n) is 13.2. The fourth-order valence-electron chi connectivity index (χ4n) is 5.89. The fourth-order valence-corrected chi connectivity index (χ4v) is 5.89. The number of carbonyl (C=O) groups is 1. The first-order valence-electron chi connectivity index (χ1n) is 9.30. The second-order valence-electron chi connectivity index (χ2n) is 8.21. The molecule has 0 aromatic rings. The topological polar surface area (TPSA) is 41.1 Å². The van der Waals surface area contributed by atoms with Crippen LogP contribution < -0.4 is 10.6 Å². The van der Waals surface area contributed by atoms with Gasteiger partial charge in [-0.15, -0.1) is 0 Å². The second kappa shape index (κ2) is 5.91. The minimum atomic E-state index is 0.319. The van der Waals surface area contributed by atoms with Gasteiger partial charge in [-0.1, -0.05) is 6.42 Å². The zero-order chi connectivity index (χ0) is 14.2. The molecular formula is C18H30N2O. The van der Waals surface area contributed by atoms with E-state index in [0.29, 0.717) is 18.0 Å². The molecule has 0 aromatic heterocycles. The molecule has 0 aromatic carbocycles. The van der Waals surface area contributed by atoms with Gasteiger partial charge >= 0.3 is 0 Å². The van der Waals surface area contributed by atoms with Crippen molar-refractivity contribution in [2.24, 2.45) is 23.7 Å². The molecule has 2 N–H and O–H groups in total. The third kappa shape index (κ3) is 2.99. The maximum Gasteiger partial charge on any atom is 0.220 e. The van der Waals surface area contributed by atoms with Crippen LogP contribution in [0.3, 0.4) is 0 Å². The van der Waals surface area contributed by atoms with Gasteiger partial charge in [-0.05, 0) is 81.6 Å². The summed E-state index contributed by atoms with van der Waals surface area (Å²) in [6, 6.07) is 1.10. The van der Waals surface area contributed by atoms with Crippen LogP contribution in [0.5, 0.6) is 0 Å². The summed E-state index contributed by atoms with van der Waals surface area (Å²) in [4.78, 5) is 12.3. The van der Waals surface area contributed by atoms with Gasteiger partial charge in [-0.2, -0.15) is 0 Å². The Kier molecular flexibility index (Phi) is 3.95. The van der Waals surface area contributed by atoms with Crippen LogP contribution in [0.4, 0.5) is 0 Å². The largest absolute Gasteiger partial charge is 0.353 e. The average Bonchev–Trinajstić information content (AvgIpc) is 2.49. The van der Waals surface area contributed by atoms with Gasteiger partial charge < -0.3 is 10.6 Å². The summed E-state index contributed by atoms with van der Waals surface area (Å²) in [6.07, 6.45) is 12.7. The van der Waals surface area contributed by atoms with Crippen molar-refractivity contribution >= 4 is 5.91 Å². The van der Waals surface area contributed by atoms with Gasteiger partial charge in [0.2, 0.25) is 5.91 Å². The van der Waals surface area contributed by atoms with Crippen molar-refractivity contribution in [2.45, 2.75) is 76.3 Å². The van der Waals surface area contributed by atoms with E-state index in [-0.39, 0.29) is 0 Å². The number of hydrogen-bond acceptors (Lipinski definition) is 2. The number of piperidine rings is 1. The van der Waals surface area contributed by atoms with Crippen molar-refractivity contribution in [1.82, 2.24) is 10.6 Å². The van der Waals surface area contributed by atoms with Crippen LogP contribution in [0.1, 0.15) is 64.2 Å². The summed E-state index contributed by atoms with van der Waals surface area (Å²) in [6.45, 7) is 1.14. The highest BCUT2D eigenvalue weighted by Gasteiger charge is 2.48. The molecule has 5 aliphatic rings. The SMILES string of the molecule is O=C(CCC1CCCCN1)NC1C2CC3CC(C2)CC1C3. The lowest BCUT2D eigenvalue weighted by Gasteiger charge is -2.54. The third-order valence-electron chi connectivity index (χ3n) is 6.69. The summed E-state index contributed by atoms with van der Waals surface area (Å²) in [7, 11) is 0. The molecule has 4 bridgehead atoms. The lowest BCUT2D eigenvalue weighted by molar-refractivity contribution is -0.125. The molecule has 1 aliphatic heterocycles. The zero-order valence-corrected chi connectivity index (χ0v) is 13.2. The highest BCUT2D eigenvalue weighted by molar-refractivity contribution is 5.76. The van der Waals surface area contributed by atoms with Crippen molar-refractivity contribution in [2.75, 3.05) is 6.54 Å². The Balaban J connectivity index is 1.26. The summed E-state index contributed by atoms with van der Waals surface area (Å²) in [5, 5.41) is 6.98. The molecule has 1 unspecified atom stereocenters. The van der Waals surface area contributed by atoms with E-state index in [4.69, 9.17) is 0 Å². The van der Waals surface area contributed by atoms with Crippen LogP contribution in [0.25, 0.3) is 0 Å². The molecule has 4 aliphatic carbocycles. The Morgan fingerprint density at radius 3 is 2.33 bits per heavy atom. The Bertz CT molecular complexity index is 361. The van der Waals surface area contributed by atoms with Crippen LogP contribution in [0.2, 0.25) is 0 Å². The molecule has 1 saturated heterocycles. The van der Waals surface area contributed by atoms with Crippen LogP contribution >= 0.6 is 0 Å². The average molecular weight is 290 g/mol. The van der Waals surface area contributed by atoms with Crippen LogP contribution in [0, 0.1) is 23.7 Å². The maximum atomic E-state index is 12.3. The van der Waals surface area contributed by atoms with E-state index in [1.54, 1.807) is 0 Å². The predicted octanol–water partition coefficient (Wildman–Crippen LogP) is 2.85. The first-order valence-corrected chi connectivity index (χ1v) is 9.30. The molecule has 3 heteroatoms. The molecule has 118 valence electrons. The van der Waals surface area contributed by atoms with E-state index in [0.717, 1.165) is 43.1 Å². The Labute approximate surface area is 128 Å². The number of nitrogens with one attached hydrogen (secondary N) is 2. The number of rotatable bonds is 4. The van der Waals surface area contributed by atoms with Crippen LogP contribution in [-0.2, 0) is 4.79 Å². The lowest BCUT2D eigenvalue weighted by atomic mass is 9.54. The highest BCUT2D eigenvalue weighted by Crippen LogP contribution is 2.53. The van der Waals surface area contributed by atoms with Crippen molar-refractivity contribution in [3.63, 3.8) is 0 Å². The lowest BCUT2D eigenvalue weighted by Crippen LogP contribution is -2.55. The van der Waals surface area contributed by atoms with Gasteiger partial charge in [-0.25, -0.2) is 0 Å². The summed E-state index contributed by atoms with van der Waals surface area (Å²) >= 11 is 0. The van der Waals surface area contributed by atoms with Gasteiger partial charge in [0.15, 0.2) is 0 Å². The molecule has 0 radical (unpaired) electrons. The maximum absolute atomic E-state index is 12.3. The molecule has 21 heavy (non-hydrogen) atoms. The molecule has 1 atom stereocenters. The predicted molar refractivity (Wildman–Crippen MR) is 83.9 cm³/mol. The van der Waals surface area contributed by atoms with Gasteiger partial charge in [-0.3, -0.25) is 4.79 Å². The van der Waals surface area contributed by atoms with Gasteiger partial charge in [0.25, 0.3) is 0 Å². The quantitative estimate of drug-likeness (QED) is 0.836. The van der Waals surface area contributed by atoms with Gasteiger partial charge in [0.1, 0.15) is 0 Å². The van der Waals surface area contributed by atoms with Gasteiger partial charge in [0, 0.05) is 18.5 Å². The number of amides is 1. The Morgan fingerprint density at radius 2 is 1.71 bits per heavy atom. The van der Waals surface area contributed by atoms with E-state index in [1.165, 1.54) is 51.4 Å². The first-order chi connectivity index (χ1) is 10.3. The molecule has 1 amide bonds. The molecule has 4 saturated carbocycles. The summed E-state index contributed by atoms with van der Waals surface area (Å²) in [5.74, 6) is 3.91. The normalized spacial score (nSPS) is 44.8.